The van der Waals surface area contributed by atoms with Crippen molar-refractivity contribution in [2.45, 2.75) is 18.5 Å². The van der Waals surface area contributed by atoms with E-state index in [-0.39, 0.29) is 19.1 Å². The number of nitrogens with two attached hydrogens (primary N) is 1. The van der Waals surface area contributed by atoms with Crippen LogP contribution >= 0.6 is 0 Å². The molecule has 2 atom stereocenters. The largest absolute Gasteiger partial charge is 0.394 e. The molecule has 5 heteroatoms. The van der Waals surface area contributed by atoms with Crippen LogP contribution in [0.5, 0.6) is 0 Å². The maximum Gasteiger partial charge on any atom is 0.244 e. The molecule has 0 fully saturated rings. The molecule has 0 aliphatic heterocycles. The summed E-state index contributed by atoms with van der Waals surface area (Å²) < 4.78 is 4.90. The zero-order chi connectivity index (χ0) is 13.6. The van der Waals surface area contributed by atoms with Gasteiger partial charge in [0.2, 0.25) is 5.91 Å². The third-order valence-corrected chi connectivity index (χ3v) is 2.77. The van der Waals surface area contributed by atoms with Crippen LogP contribution in [0.25, 0.3) is 0 Å². The molecule has 0 spiro atoms. The van der Waals surface area contributed by atoms with Gasteiger partial charge in [-0.1, -0.05) is 30.3 Å². The standard InChI is InChI=1S/C13H20N2O3/c1-13(14,10-6-4-3-5-7-10)12(17)15-11(8-16)9-18-2/h3-7,11,16H,8-9,14H2,1-2H3,(H,15,17). The van der Waals surface area contributed by atoms with Gasteiger partial charge in [-0.3, -0.25) is 4.79 Å². The van der Waals surface area contributed by atoms with Crippen molar-refractivity contribution in [3.05, 3.63) is 35.9 Å². The topological polar surface area (TPSA) is 84.6 Å². The van der Waals surface area contributed by atoms with E-state index in [0.29, 0.717) is 0 Å². The fraction of sp³-hybridized carbons (Fsp3) is 0.462. The molecule has 1 rings (SSSR count). The molecule has 100 valence electrons. The normalized spacial score (nSPS) is 15.8. The average molecular weight is 252 g/mol. The van der Waals surface area contributed by atoms with E-state index in [1.54, 1.807) is 19.1 Å². The first-order valence-electron chi connectivity index (χ1n) is 5.77. The van der Waals surface area contributed by atoms with E-state index in [4.69, 9.17) is 15.6 Å². The van der Waals surface area contributed by atoms with E-state index < -0.39 is 11.6 Å². The fourth-order valence-corrected chi connectivity index (χ4v) is 1.59. The molecular formula is C13H20N2O3. The van der Waals surface area contributed by atoms with Crippen molar-refractivity contribution in [3.63, 3.8) is 0 Å². The molecule has 0 aliphatic rings. The number of nitrogens with one attached hydrogen (secondary N) is 1. The van der Waals surface area contributed by atoms with Gasteiger partial charge in [0, 0.05) is 7.11 Å². The number of rotatable bonds is 6. The van der Waals surface area contributed by atoms with Gasteiger partial charge in [0.15, 0.2) is 0 Å². The van der Waals surface area contributed by atoms with E-state index in [9.17, 15) is 4.79 Å². The first-order chi connectivity index (χ1) is 8.52. The van der Waals surface area contributed by atoms with Gasteiger partial charge in [-0.15, -0.1) is 0 Å². The molecule has 0 saturated carbocycles. The monoisotopic (exact) mass is 252 g/mol. The van der Waals surface area contributed by atoms with E-state index in [0.717, 1.165) is 5.56 Å². The van der Waals surface area contributed by atoms with Crippen molar-refractivity contribution in [2.24, 2.45) is 5.73 Å². The lowest BCUT2D eigenvalue weighted by Gasteiger charge is -2.26. The second kappa shape index (κ2) is 6.49. The summed E-state index contributed by atoms with van der Waals surface area (Å²) in [6.07, 6.45) is 0. The molecule has 0 saturated heterocycles. The molecule has 4 N–H and O–H groups in total. The van der Waals surface area contributed by atoms with Gasteiger partial charge in [0.1, 0.15) is 5.54 Å². The summed E-state index contributed by atoms with van der Waals surface area (Å²) in [4.78, 5) is 12.1. The van der Waals surface area contributed by atoms with Crippen molar-refractivity contribution in [2.75, 3.05) is 20.3 Å². The number of aliphatic hydroxyl groups is 1. The highest BCUT2D eigenvalue weighted by Gasteiger charge is 2.31. The van der Waals surface area contributed by atoms with E-state index in [1.807, 2.05) is 18.2 Å². The van der Waals surface area contributed by atoms with Gasteiger partial charge in [-0.05, 0) is 12.5 Å². The van der Waals surface area contributed by atoms with Crippen LogP contribution in [0.1, 0.15) is 12.5 Å². The molecule has 0 aromatic heterocycles. The molecule has 0 heterocycles. The Morgan fingerprint density at radius 3 is 2.61 bits per heavy atom. The van der Waals surface area contributed by atoms with Crippen LogP contribution in [0, 0.1) is 0 Å². The highest BCUT2D eigenvalue weighted by Crippen LogP contribution is 2.17. The van der Waals surface area contributed by atoms with E-state index >= 15 is 0 Å². The predicted molar refractivity (Wildman–Crippen MR) is 68.9 cm³/mol. The Balaban J connectivity index is 2.76. The summed E-state index contributed by atoms with van der Waals surface area (Å²) in [6.45, 7) is 1.69. The Morgan fingerprint density at radius 2 is 2.11 bits per heavy atom. The summed E-state index contributed by atoms with van der Waals surface area (Å²) in [5, 5.41) is 11.8. The van der Waals surface area contributed by atoms with Gasteiger partial charge in [-0.25, -0.2) is 0 Å². The summed E-state index contributed by atoms with van der Waals surface area (Å²) in [7, 11) is 1.51. The molecule has 1 aromatic carbocycles. The number of methoxy groups -OCH3 is 1. The second-order valence-electron chi connectivity index (χ2n) is 4.38. The number of ether oxygens (including phenoxy) is 1. The fourth-order valence-electron chi connectivity index (χ4n) is 1.59. The number of hydrogen-bond donors (Lipinski definition) is 3. The first kappa shape index (κ1) is 14.6. The highest BCUT2D eigenvalue weighted by molar-refractivity contribution is 5.87. The first-order valence-corrected chi connectivity index (χ1v) is 5.77. The van der Waals surface area contributed by atoms with Gasteiger partial charge >= 0.3 is 0 Å². The second-order valence-corrected chi connectivity index (χ2v) is 4.38. The molecule has 0 radical (unpaired) electrons. The minimum atomic E-state index is -1.14. The smallest absolute Gasteiger partial charge is 0.244 e. The van der Waals surface area contributed by atoms with Crippen molar-refractivity contribution in [1.29, 1.82) is 0 Å². The molecular weight excluding hydrogens is 232 g/mol. The molecule has 5 nitrogen and oxygen atoms in total. The third-order valence-electron chi connectivity index (χ3n) is 2.77. The van der Waals surface area contributed by atoms with E-state index in [1.165, 1.54) is 7.11 Å². The van der Waals surface area contributed by atoms with Crippen molar-refractivity contribution >= 4 is 5.91 Å². The number of hydrogen-bond acceptors (Lipinski definition) is 4. The van der Waals surface area contributed by atoms with Crippen molar-refractivity contribution in [3.8, 4) is 0 Å². The molecule has 1 amide bonds. The molecule has 1 aromatic rings. The number of aliphatic hydroxyl groups excluding tert-OH is 1. The van der Waals surface area contributed by atoms with Crippen LogP contribution in [0.4, 0.5) is 0 Å². The zero-order valence-corrected chi connectivity index (χ0v) is 10.7. The Labute approximate surface area is 107 Å². The van der Waals surface area contributed by atoms with Gasteiger partial charge in [0.25, 0.3) is 0 Å². The quantitative estimate of drug-likeness (QED) is 0.664. The minimum Gasteiger partial charge on any atom is -0.394 e. The molecule has 0 aliphatic carbocycles. The Bertz CT molecular complexity index is 379. The summed E-state index contributed by atoms with van der Waals surface area (Å²) in [6, 6.07) is 8.65. The number of carbonyl (C=O) groups excluding carboxylic acids is 1. The summed E-state index contributed by atoms with van der Waals surface area (Å²) in [5.41, 5.74) is 5.63. The predicted octanol–water partition coefficient (Wildman–Crippen LogP) is -0.0160. The van der Waals surface area contributed by atoms with Crippen molar-refractivity contribution in [1.82, 2.24) is 5.32 Å². The molecule has 0 bridgehead atoms. The lowest BCUT2D eigenvalue weighted by molar-refractivity contribution is -0.127. The van der Waals surface area contributed by atoms with Crippen LogP contribution in [0.3, 0.4) is 0 Å². The van der Waals surface area contributed by atoms with Crippen LogP contribution in [-0.4, -0.2) is 37.4 Å². The summed E-state index contributed by atoms with van der Waals surface area (Å²) >= 11 is 0. The number of benzene rings is 1. The minimum absolute atomic E-state index is 0.190. The van der Waals surface area contributed by atoms with E-state index in [2.05, 4.69) is 5.32 Å². The maximum atomic E-state index is 12.1. The van der Waals surface area contributed by atoms with Crippen LogP contribution < -0.4 is 11.1 Å². The van der Waals surface area contributed by atoms with Crippen LogP contribution in [-0.2, 0) is 15.1 Å². The lowest BCUT2D eigenvalue weighted by atomic mass is 9.92. The van der Waals surface area contributed by atoms with Crippen molar-refractivity contribution < 1.29 is 14.6 Å². The Hall–Kier alpha value is -1.43. The molecule has 2 unspecified atom stereocenters. The summed E-state index contributed by atoms with van der Waals surface area (Å²) in [5.74, 6) is -0.343. The van der Waals surface area contributed by atoms with Crippen LogP contribution in [0.15, 0.2) is 30.3 Å². The zero-order valence-electron chi connectivity index (χ0n) is 10.7. The lowest BCUT2D eigenvalue weighted by Crippen LogP contribution is -2.53. The SMILES string of the molecule is COCC(CO)NC(=O)C(C)(N)c1ccccc1. The Morgan fingerprint density at radius 1 is 1.50 bits per heavy atom. The molecule has 18 heavy (non-hydrogen) atoms. The van der Waals surface area contributed by atoms with Gasteiger partial charge in [-0.2, -0.15) is 0 Å². The third kappa shape index (κ3) is 3.53. The average Bonchev–Trinajstić information content (AvgIpc) is 2.39. The number of carbonyl (C=O) groups is 1. The van der Waals surface area contributed by atoms with Crippen LogP contribution in [0.2, 0.25) is 0 Å². The highest BCUT2D eigenvalue weighted by atomic mass is 16.5. The maximum absolute atomic E-state index is 12.1. The van der Waals surface area contributed by atoms with Gasteiger partial charge in [0.05, 0.1) is 19.3 Å². The Kier molecular flexibility index (Phi) is 5.27. The number of amides is 1. The van der Waals surface area contributed by atoms with Gasteiger partial charge < -0.3 is 20.9 Å².